The molecule has 0 radical (unpaired) electrons. The van der Waals surface area contributed by atoms with Crippen molar-refractivity contribution in [3.05, 3.63) is 75.1 Å². The summed E-state index contributed by atoms with van der Waals surface area (Å²) >= 11 is 10.9. The SMILES string of the molecule is O=C(C=Cc1ccccc1Cl)NC(=S)Nc1cc([N+](=O)[O-])ccc1F. The van der Waals surface area contributed by atoms with Crippen molar-refractivity contribution >= 4 is 52.3 Å². The molecule has 2 rings (SSSR count). The molecule has 0 saturated carbocycles. The molecule has 0 unspecified atom stereocenters. The van der Waals surface area contributed by atoms with Crippen molar-refractivity contribution in [2.45, 2.75) is 0 Å². The molecule has 0 atom stereocenters. The van der Waals surface area contributed by atoms with Crippen molar-refractivity contribution < 1.29 is 14.1 Å². The summed E-state index contributed by atoms with van der Waals surface area (Å²) in [6.07, 6.45) is 2.70. The standard InChI is InChI=1S/C16H11ClFN3O3S/c17-12-4-2-1-3-10(12)5-8-15(22)20-16(25)19-14-9-11(21(23)24)6-7-13(14)18/h1-9H,(H2,19,20,22,25). The average Bonchev–Trinajstić information content (AvgIpc) is 2.55. The number of nitro benzene ring substituents is 1. The Bertz CT molecular complexity index is 873. The van der Waals surface area contributed by atoms with Crippen LogP contribution in [-0.4, -0.2) is 15.9 Å². The number of nitrogens with zero attached hydrogens (tertiary/aromatic N) is 1. The number of hydrogen-bond donors (Lipinski definition) is 2. The number of thiocarbonyl (C=S) groups is 1. The molecule has 0 spiro atoms. The Morgan fingerprint density at radius 1 is 1.28 bits per heavy atom. The van der Waals surface area contributed by atoms with Crippen LogP contribution < -0.4 is 10.6 Å². The number of benzene rings is 2. The molecule has 0 aliphatic heterocycles. The summed E-state index contributed by atoms with van der Waals surface area (Å²) in [6, 6.07) is 9.86. The van der Waals surface area contributed by atoms with Crippen molar-refractivity contribution in [1.29, 1.82) is 0 Å². The third-order valence-corrected chi connectivity index (χ3v) is 3.51. The first kappa shape index (κ1) is 18.5. The van der Waals surface area contributed by atoms with Gasteiger partial charge in [0.15, 0.2) is 5.11 Å². The molecule has 9 heteroatoms. The number of carbonyl (C=O) groups excluding carboxylic acids is 1. The fourth-order valence-corrected chi connectivity index (χ4v) is 2.21. The molecule has 0 aliphatic carbocycles. The van der Waals surface area contributed by atoms with E-state index in [2.05, 4.69) is 10.6 Å². The fourth-order valence-electron chi connectivity index (χ4n) is 1.81. The van der Waals surface area contributed by atoms with Crippen molar-refractivity contribution in [3.8, 4) is 0 Å². The Kier molecular flexibility index (Phi) is 6.15. The minimum absolute atomic E-state index is 0.201. The summed E-state index contributed by atoms with van der Waals surface area (Å²) in [5.41, 5.74) is 0.120. The molecule has 0 saturated heterocycles. The minimum Gasteiger partial charge on any atom is -0.330 e. The Morgan fingerprint density at radius 2 is 2.00 bits per heavy atom. The first-order valence-corrected chi connectivity index (χ1v) is 7.64. The Hall–Kier alpha value is -2.84. The van der Waals surface area contributed by atoms with Gasteiger partial charge in [-0.25, -0.2) is 4.39 Å². The van der Waals surface area contributed by atoms with Crippen LogP contribution in [-0.2, 0) is 4.79 Å². The zero-order valence-corrected chi connectivity index (χ0v) is 14.1. The Morgan fingerprint density at radius 3 is 2.68 bits per heavy atom. The molecular weight excluding hydrogens is 369 g/mol. The first-order chi connectivity index (χ1) is 11.9. The summed E-state index contributed by atoms with van der Waals surface area (Å²) in [6.45, 7) is 0. The number of nitro groups is 1. The lowest BCUT2D eigenvalue weighted by Gasteiger charge is -2.09. The molecule has 2 aromatic carbocycles. The summed E-state index contributed by atoms with van der Waals surface area (Å²) in [7, 11) is 0. The van der Waals surface area contributed by atoms with Crippen molar-refractivity contribution in [1.82, 2.24) is 5.32 Å². The number of hydrogen-bond acceptors (Lipinski definition) is 4. The van der Waals surface area contributed by atoms with Gasteiger partial charge in [-0.15, -0.1) is 0 Å². The van der Waals surface area contributed by atoms with E-state index in [0.29, 0.717) is 10.6 Å². The third kappa shape index (κ3) is 5.33. The van der Waals surface area contributed by atoms with E-state index >= 15 is 0 Å². The number of carbonyl (C=O) groups is 1. The maximum atomic E-state index is 13.7. The van der Waals surface area contributed by atoms with Crippen LogP contribution in [0.2, 0.25) is 5.02 Å². The molecule has 0 fully saturated rings. The minimum atomic E-state index is -0.742. The van der Waals surface area contributed by atoms with Crippen LogP contribution in [0.25, 0.3) is 6.08 Å². The van der Waals surface area contributed by atoms with Gasteiger partial charge < -0.3 is 5.32 Å². The second-order valence-electron chi connectivity index (χ2n) is 4.72. The highest BCUT2D eigenvalue weighted by Crippen LogP contribution is 2.21. The number of anilines is 1. The molecule has 0 aliphatic rings. The average molecular weight is 380 g/mol. The van der Waals surface area contributed by atoms with E-state index in [1.54, 1.807) is 24.3 Å². The molecule has 1 amide bonds. The van der Waals surface area contributed by atoms with Gasteiger partial charge in [-0.05, 0) is 36.0 Å². The highest BCUT2D eigenvalue weighted by Gasteiger charge is 2.12. The quantitative estimate of drug-likeness (QED) is 0.364. The van der Waals surface area contributed by atoms with Crippen molar-refractivity contribution in [2.24, 2.45) is 0 Å². The molecule has 2 N–H and O–H groups in total. The lowest BCUT2D eigenvalue weighted by Crippen LogP contribution is -2.33. The van der Waals surface area contributed by atoms with E-state index in [9.17, 15) is 19.3 Å². The zero-order valence-electron chi connectivity index (χ0n) is 12.5. The highest BCUT2D eigenvalue weighted by molar-refractivity contribution is 7.80. The van der Waals surface area contributed by atoms with Gasteiger partial charge >= 0.3 is 0 Å². The summed E-state index contributed by atoms with van der Waals surface area (Å²) in [5.74, 6) is -1.31. The van der Waals surface area contributed by atoms with E-state index in [1.807, 2.05) is 0 Å². The third-order valence-electron chi connectivity index (χ3n) is 2.97. The lowest BCUT2D eigenvalue weighted by molar-refractivity contribution is -0.384. The van der Waals surface area contributed by atoms with E-state index in [1.165, 1.54) is 12.2 Å². The number of halogens is 2. The van der Waals surface area contributed by atoms with Gasteiger partial charge in [0.2, 0.25) is 5.91 Å². The van der Waals surface area contributed by atoms with Crippen LogP contribution in [0.5, 0.6) is 0 Å². The van der Waals surface area contributed by atoms with Gasteiger partial charge in [0.05, 0.1) is 10.6 Å². The van der Waals surface area contributed by atoms with Gasteiger partial charge in [0.25, 0.3) is 5.69 Å². The molecular formula is C16H11ClFN3O3S. The van der Waals surface area contributed by atoms with Crippen molar-refractivity contribution in [3.63, 3.8) is 0 Å². The van der Waals surface area contributed by atoms with E-state index < -0.39 is 16.6 Å². The smallest absolute Gasteiger partial charge is 0.271 e. The fraction of sp³-hybridized carbons (Fsp3) is 0. The Labute approximate surface area is 152 Å². The van der Waals surface area contributed by atoms with Crippen LogP contribution in [0.1, 0.15) is 5.56 Å². The number of rotatable bonds is 4. The predicted molar refractivity (Wildman–Crippen MR) is 97.9 cm³/mol. The maximum absolute atomic E-state index is 13.7. The normalized spacial score (nSPS) is 10.5. The number of non-ortho nitro benzene ring substituents is 1. The molecule has 25 heavy (non-hydrogen) atoms. The molecule has 0 bridgehead atoms. The monoisotopic (exact) mass is 379 g/mol. The molecule has 0 heterocycles. The first-order valence-electron chi connectivity index (χ1n) is 6.85. The summed E-state index contributed by atoms with van der Waals surface area (Å²) in [4.78, 5) is 21.9. The second-order valence-corrected chi connectivity index (χ2v) is 5.53. The molecule has 0 aromatic heterocycles. The van der Waals surface area contributed by atoms with Crippen LogP contribution >= 0.6 is 23.8 Å². The summed E-state index contributed by atoms with van der Waals surface area (Å²) in [5, 5.41) is 15.7. The summed E-state index contributed by atoms with van der Waals surface area (Å²) < 4.78 is 13.7. The van der Waals surface area contributed by atoms with Crippen LogP contribution in [0, 0.1) is 15.9 Å². The van der Waals surface area contributed by atoms with Gasteiger partial charge in [-0.2, -0.15) is 0 Å². The van der Waals surface area contributed by atoms with Gasteiger partial charge in [-0.3, -0.25) is 20.2 Å². The second kappa shape index (κ2) is 8.32. The highest BCUT2D eigenvalue weighted by atomic mass is 35.5. The predicted octanol–water partition coefficient (Wildman–Crippen LogP) is 3.91. The van der Waals surface area contributed by atoms with E-state index in [-0.39, 0.29) is 16.5 Å². The lowest BCUT2D eigenvalue weighted by atomic mass is 10.2. The van der Waals surface area contributed by atoms with Crippen LogP contribution in [0.3, 0.4) is 0 Å². The van der Waals surface area contributed by atoms with Crippen LogP contribution in [0.15, 0.2) is 48.5 Å². The largest absolute Gasteiger partial charge is 0.330 e. The number of nitrogens with one attached hydrogen (secondary N) is 2. The molecule has 2 aromatic rings. The van der Waals surface area contributed by atoms with Gasteiger partial charge in [-0.1, -0.05) is 29.8 Å². The zero-order chi connectivity index (χ0) is 18.4. The van der Waals surface area contributed by atoms with E-state index in [4.69, 9.17) is 23.8 Å². The van der Waals surface area contributed by atoms with Gasteiger partial charge in [0.1, 0.15) is 5.82 Å². The maximum Gasteiger partial charge on any atom is 0.271 e. The van der Waals surface area contributed by atoms with E-state index in [0.717, 1.165) is 18.2 Å². The molecule has 6 nitrogen and oxygen atoms in total. The topological polar surface area (TPSA) is 84.3 Å². The van der Waals surface area contributed by atoms with Crippen molar-refractivity contribution in [2.75, 3.05) is 5.32 Å². The Balaban J connectivity index is 2.00. The van der Waals surface area contributed by atoms with Crippen LogP contribution in [0.4, 0.5) is 15.8 Å². The number of amides is 1. The van der Waals surface area contributed by atoms with Gasteiger partial charge in [0, 0.05) is 23.2 Å². The molecule has 128 valence electrons.